The third-order valence-electron chi connectivity index (χ3n) is 6.11. The van der Waals surface area contributed by atoms with Gasteiger partial charge in [-0.2, -0.15) is 5.10 Å². The summed E-state index contributed by atoms with van der Waals surface area (Å²) in [7, 11) is 1.94. The summed E-state index contributed by atoms with van der Waals surface area (Å²) in [6, 6.07) is 7.79. The van der Waals surface area contributed by atoms with Gasteiger partial charge in [-0.05, 0) is 19.1 Å². The van der Waals surface area contributed by atoms with E-state index >= 15 is 0 Å². The van der Waals surface area contributed by atoms with Gasteiger partial charge in [-0.25, -0.2) is 4.79 Å². The molecule has 2 fully saturated rings. The van der Waals surface area contributed by atoms with Gasteiger partial charge in [0.2, 0.25) is 0 Å². The Bertz CT molecular complexity index is 937. The summed E-state index contributed by atoms with van der Waals surface area (Å²) in [5.74, 6) is 2.55. The maximum Gasteiger partial charge on any atom is 0.322 e. The molecule has 0 radical (unpaired) electrons. The van der Waals surface area contributed by atoms with Crippen LogP contribution in [0.5, 0.6) is 11.5 Å². The first-order valence-corrected chi connectivity index (χ1v) is 10.5. The Morgan fingerprint density at radius 3 is 2.63 bits per heavy atom. The van der Waals surface area contributed by atoms with Gasteiger partial charge in [0.25, 0.3) is 0 Å². The van der Waals surface area contributed by atoms with Crippen LogP contribution in [0, 0.1) is 6.92 Å². The Morgan fingerprint density at radius 2 is 1.90 bits per heavy atom. The minimum Gasteiger partial charge on any atom is -0.486 e. The average Bonchev–Trinajstić information content (AvgIpc) is 3.31. The summed E-state index contributed by atoms with van der Waals surface area (Å²) in [5.41, 5.74) is 1.94. The Morgan fingerprint density at radius 1 is 1.13 bits per heavy atom. The number of nitrogens with one attached hydrogen (secondary N) is 1. The number of fused-ring (bicyclic) bond motifs is 1. The number of aromatic nitrogens is 2. The van der Waals surface area contributed by atoms with Gasteiger partial charge in [0, 0.05) is 52.9 Å². The zero-order chi connectivity index (χ0) is 20.7. The Balaban J connectivity index is 1.23. The van der Waals surface area contributed by atoms with E-state index in [4.69, 9.17) is 14.6 Å². The van der Waals surface area contributed by atoms with Crippen molar-refractivity contribution in [3.8, 4) is 11.5 Å². The number of piperazine rings is 1. The number of amides is 2. The second kappa shape index (κ2) is 7.71. The van der Waals surface area contributed by atoms with Crippen LogP contribution in [0.4, 0.5) is 16.3 Å². The van der Waals surface area contributed by atoms with Gasteiger partial charge < -0.3 is 19.7 Å². The van der Waals surface area contributed by atoms with Gasteiger partial charge in [0.15, 0.2) is 17.3 Å². The van der Waals surface area contributed by atoms with E-state index in [1.165, 1.54) is 0 Å². The van der Waals surface area contributed by atoms with Crippen molar-refractivity contribution in [1.82, 2.24) is 20.0 Å². The summed E-state index contributed by atoms with van der Waals surface area (Å²) < 4.78 is 13.8. The highest BCUT2D eigenvalue weighted by atomic mass is 16.6. The molecule has 1 atom stereocenters. The lowest BCUT2D eigenvalue weighted by Crippen LogP contribution is -2.51. The topological polar surface area (TPSA) is 75.1 Å². The fourth-order valence-corrected chi connectivity index (χ4v) is 4.38. The molecule has 1 aromatic carbocycles. The van der Waals surface area contributed by atoms with Crippen LogP contribution in [0.25, 0.3) is 0 Å². The molecule has 160 valence electrons. The average molecular weight is 412 g/mol. The largest absolute Gasteiger partial charge is 0.486 e. The fraction of sp³-hybridized carbons (Fsp3) is 0.524. The first kappa shape index (κ1) is 19.0. The number of ether oxygens (including phenoxy) is 2. The molecular weight excluding hydrogens is 384 g/mol. The number of aryl methyl sites for hydroxylation is 1. The van der Waals surface area contributed by atoms with Crippen LogP contribution in [-0.4, -0.2) is 79.2 Å². The maximum absolute atomic E-state index is 12.3. The summed E-state index contributed by atoms with van der Waals surface area (Å²) in [4.78, 5) is 18.8. The highest BCUT2D eigenvalue weighted by molar-refractivity contribution is 5.97. The highest BCUT2D eigenvalue weighted by Gasteiger charge is 2.32. The van der Waals surface area contributed by atoms with Crippen molar-refractivity contribution < 1.29 is 14.3 Å². The highest BCUT2D eigenvalue weighted by Crippen LogP contribution is 2.34. The van der Waals surface area contributed by atoms with Crippen molar-refractivity contribution in [2.45, 2.75) is 13.0 Å². The standard InChI is InChI=1S/C21H28N6O3/c1-15-19(27-8-7-22-21(27)28)20(23-24(15)2)26-11-9-25(10-12-26)13-16-14-29-17-5-3-4-6-18(17)30-16/h3-6,16H,7-14H2,1-2H3,(H,22,28). The molecule has 0 saturated carbocycles. The molecule has 2 saturated heterocycles. The first-order chi connectivity index (χ1) is 14.6. The number of para-hydroxylation sites is 2. The van der Waals surface area contributed by atoms with E-state index in [-0.39, 0.29) is 12.1 Å². The molecule has 0 spiro atoms. The van der Waals surface area contributed by atoms with Gasteiger partial charge in [0.05, 0.1) is 5.69 Å². The second-order valence-electron chi connectivity index (χ2n) is 8.05. The van der Waals surface area contributed by atoms with Crippen molar-refractivity contribution in [2.75, 3.05) is 62.2 Å². The number of anilines is 2. The molecule has 5 rings (SSSR count). The molecule has 0 bridgehead atoms. The predicted molar refractivity (Wildman–Crippen MR) is 114 cm³/mol. The minimum atomic E-state index is -0.0410. The Hall–Kier alpha value is -2.94. The van der Waals surface area contributed by atoms with Crippen LogP contribution in [0.2, 0.25) is 0 Å². The summed E-state index contributed by atoms with van der Waals surface area (Å²) in [5, 5.41) is 7.63. The summed E-state index contributed by atoms with van der Waals surface area (Å²) >= 11 is 0. The predicted octanol–water partition coefficient (Wildman–Crippen LogP) is 1.22. The Kier molecular flexibility index (Phi) is 4.90. The SMILES string of the molecule is Cc1c(N2CCNC2=O)c(N2CCN(CC3COc4ccccc4O3)CC2)nn1C. The molecule has 3 aliphatic heterocycles. The molecule has 1 aromatic heterocycles. The smallest absolute Gasteiger partial charge is 0.322 e. The van der Waals surface area contributed by atoms with E-state index < -0.39 is 0 Å². The lowest BCUT2D eigenvalue weighted by atomic mass is 10.2. The number of rotatable bonds is 4. The number of urea groups is 1. The van der Waals surface area contributed by atoms with Gasteiger partial charge in [-0.3, -0.25) is 14.5 Å². The van der Waals surface area contributed by atoms with E-state index in [0.29, 0.717) is 19.7 Å². The zero-order valence-corrected chi connectivity index (χ0v) is 17.5. The Labute approximate surface area is 176 Å². The quantitative estimate of drug-likeness (QED) is 0.814. The number of carbonyl (C=O) groups is 1. The molecule has 1 unspecified atom stereocenters. The molecule has 1 N–H and O–H groups in total. The maximum atomic E-state index is 12.3. The third kappa shape index (κ3) is 3.43. The van der Waals surface area contributed by atoms with E-state index in [9.17, 15) is 4.79 Å². The van der Waals surface area contributed by atoms with E-state index in [2.05, 4.69) is 15.1 Å². The first-order valence-electron chi connectivity index (χ1n) is 10.5. The number of carbonyl (C=O) groups excluding carboxylic acids is 1. The van der Waals surface area contributed by atoms with Gasteiger partial charge in [-0.15, -0.1) is 0 Å². The van der Waals surface area contributed by atoms with Crippen molar-refractivity contribution in [3.05, 3.63) is 30.0 Å². The summed E-state index contributed by atoms with van der Waals surface area (Å²) in [6.07, 6.45) is 0.0346. The number of nitrogens with zero attached hydrogens (tertiary/aromatic N) is 5. The van der Waals surface area contributed by atoms with E-state index in [1.54, 1.807) is 0 Å². The summed E-state index contributed by atoms with van der Waals surface area (Å²) in [6.45, 7) is 8.35. The molecule has 2 amide bonds. The van der Waals surface area contributed by atoms with Crippen molar-refractivity contribution in [2.24, 2.45) is 7.05 Å². The molecule has 0 aliphatic carbocycles. The fourth-order valence-electron chi connectivity index (χ4n) is 4.38. The third-order valence-corrected chi connectivity index (χ3v) is 6.11. The van der Waals surface area contributed by atoms with Crippen molar-refractivity contribution >= 4 is 17.5 Å². The van der Waals surface area contributed by atoms with Crippen LogP contribution in [0.3, 0.4) is 0 Å². The number of hydrogen-bond donors (Lipinski definition) is 1. The van der Waals surface area contributed by atoms with Crippen LogP contribution in [0.15, 0.2) is 24.3 Å². The lowest BCUT2D eigenvalue weighted by molar-refractivity contribution is 0.0571. The molecule has 30 heavy (non-hydrogen) atoms. The van der Waals surface area contributed by atoms with Crippen molar-refractivity contribution in [1.29, 1.82) is 0 Å². The molecule has 9 heteroatoms. The van der Waals surface area contributed by atoms with Gasteiger partial charge >= 0.3 is 6.03 Å². The van der Waals surface area contributed by atoms with E-state index in [0.717, 1.165) is 61.4 Å². The lowest BCUT2D eigenvalue weighted by Gasteiger charge is -2.38. The van der Waals surface area contributed by atoms with Crippen LogP contribution < -0.4 is 24.6 Å². The number of hydrogen-bond acceptors (Lipinski definition) is 6. The minimum absolute atomic E-state index is 0.0346. The van der Waals surface area contributed by atoms with Crippen LogP contribution in [-0.2, 0) is 7.05 Å². The molecule has 3 aliphatic rings. The van der Waals surface area contributed by atoms with E-state index in [1.807, 2.05) is 47.8 Å². The number of benzene rings is 1. The normalized spacial score (nSPS) is 21.8. The molecule has 9 nitrogen and oxygen atoms in total. The van der Waals surface area contributed by atoms with Gasteiger partial charge in [-0.1, -0.05) is 12.1 Å². The zero-order valence-electron chi connectivity index (χ0n) is 17.5. The second-order valence-corrected chi connectivity index (χ2v) is 8.05. The van der Waals surface area contributed by atoms with Gasteiger partial charge in [0.1, 0.15) is 18.4 Å². The molecule has 4 heterocycles. The monoisotopic (exact) mass is 412 g/mol. The molecule has 2 aromatic rings. The van der Waals surface area contributed by atoms with Crippen LogP contribution in [0.1, 0.15) is 5.69 Å². The van der Waals surface area contributed by atoms with Crippen LogP contribution >= 0.6 is 0 Å². The molecular formula is C21H28N6O3. The van der Waals surface area contributed by atoms with Crippen molar-refractivity contribution in [3.63, 3.8) is 0 Å².